The Labute approximate surface area is 108 Å². The molecule has 0 bridgehead atoms. The van der Waals surface area contributed by atoms with E-state index in [9.17, 15) is 4.79 Å². The standard InChI is InChI=1S/C15H21NO2/c1-14(2,3)18-13(17)10-15(8-9-15)11-6-4-5-7-12(11)16/h4-7H,8-10,16H2,1-3H3. The van der Waals surface area contributed by atoms with Crippen LogP contribution in [0.4, 0.5) is 5.69 Å². The van der Waals surface area contributed by atoms with E-state index in [0.717, 1.165) is 24.1 Å². The molecular formula is C15H21NO2. The lowest BCUT2D eigenvalue weighted by Crippen LogP contribution is -2.26. The third kappa shape index (κ3) is 2.84. The van der Waals surface area contributed by atoms with Crippen molar-refractivity contribution >= 4 is 11.7 Å². The molecule has 0 amide bonds. The van der Waals surface area contributed by atoms with E-state index in [4.69, 9.17) is 10.5 Å². The molecule has 1 saturated carbocycles. The zero-order valence-electron chi connectivity index (χ0n) is 11.3. The van der Waals surface area contributed by atoms with Gasteiger partial charge in [-0.25, -0.2) is 0 Å². The molecule has 98 valence electrons. The zero-order valence-corrected chi connectivity index (χ0v) is 11.3. The van der Waals surface area contributed by atoms with E-state index in [-0.39, 0.29) is 11.4 Å². The first-order valence-corrected chi connectivity index (χ1v) is 6.39. The van der Waals surface area contributed by atoms with Crippen molar-refractivity contribution in [3.8, 4) is 0 Å². The second-order valence-electron chi connectivity index (χ2n) is 6.13. The van der Waals surface area contributed by atoms with Crippen molar-refractivity contribution in [1.29, 1.82) is 0 Å². The minimum absolute atomic E-state index is 0.0757. The zero-order chi connectivity index (χ0) is 13.4. The predicted molar refractivity (Wildman–Crippen MR) is 72.2 cm³/mol. The van der Waals surface area contributed by atoms with Crippen LogP contribution in [0.15, 0.2) is 24.3 Å². The molecule has 0 aromatic heterocycles. The number of carbonyl (C=O) groups is 1. The van der Waals surface area contributed by atoms with Crippen LogP contribution in [0.1, 0.15) is 45.6 Å². The van der Waals surface area contributed by atoms with Gasteiger partial charge in [-0.2, -0.15) is 0 Å². The second-order valence-corrected chi connectivity index (χ2v) is 6.13. The minimum atomic E-state index is -0.421. The quantitative estimate of drug-likeness (QED) is 0.659. The lowest BCUT2D eigenvalue weighted by Gasteiger charge is -2.22. The summed E-state index contributed by atoms with van der Waals surface area (Å²) in [5.74, 6) is -0.136. The normalized spacial score (nSPS) is 17.3. The van der Waals surface area contributed by atoms with Crippen molar-refractivity contribution in [3.63, 3.8) is 0 Å². The molecule has 0 saturated heterocycles. The third-order valence-corrected chi connectivity index (χ3v) is 3.29. The monoisotopic (exact) mass is 247 g/mol. The maximum absolute atomic E-state index is 11.9. The SMILES string of the molecule is CC(C)(C)OC(=O)CC1(c2ccccc2N)CC1. The summed E-state index contributed by atoms with van der Waals surface area (Å²) in [6.07, 6.45) is 2.46. The molecule has 0 atom stereocenters. The molecule has 0 unspecified atom stereocenters. The van der Waals surface area contributed by atoms with Gasteiger partial charge in [0.1, 0.15) is 5.60 Å². The van der Waals surface area contributed by atoms with E-state index in [1.54, 1.807) is 0 Å². The first-order chi connectivity index (χ1) is 8.32. The van der Waals surface area contributed by atoms with Crippen molar-refractivity contribution in [2.75, 3.05) is 5.73 Å². The van der Waals surface area contributed by atoms with E-state index in [2.05, 4.69) is 0 Å². The van der Waals surface area contributed by atoms with Crippen LogP contribution in [0.25, 0.3) is 0 Å². The number of hydrogen-bond acceptors (Lipinski definition) is 3. The summed E-state index contributed by atoms with van der Waals surface area (Å²) < 4.78 is 5.40. The van der Waals surface area contributed by atoms with E-state index in [0.29, 0.717) is 6.42 Å². The maximum Gasteiger partial charge on any atom is 0.307 e. The molecule has 1 fully saturated rings. The van der Waals surface area contributed by atoms with Crippen molar-refractivity contribution in [1.82, 2.24) is 0 Å². The number of rotatable bonds is 3. The van der Waals surface area contributed by atoms with Gasteiger partial charge in [0.25, 0.3) is 0 Å². The third-order valence-electron chi connectivity index (χ3n) is 3.29. The Bertz CT molecular complexity index is 456. The summed E-state index contributed by atoms with van der Waals surface area (Å²) in [6.45, 7) is 5.67. The number of nitrogens with two attached hydrogens (primary N) is 1. The lowest BCUT2D eigenvalue weighted by atomic mass is 9.91. The van der Waals surface area contributed by atoms with Crippen LogP contribution < -0.4 is 5.73 Å². The summed E-state index contributed by atoms with van der Waals surface area (Å²) in [5.41, 5.74) is 7.37. The van der Waals surface area contributed by atoms with Crippen molar-refractivity contribution in [3.05, 3.63) is 29.8 Å². The van der Waals surface area contributed by atoms with Crippen LogP contribution in [0.3, 0.4) is 0 Å². The highest BCUT2D eigenvalue weighted by atomic mass is 16.6. The number of carbonyl (C=O) groups excluding carboxylic acids is 1. The average molecular weight is 247 g/mol. The molecule has 1 aromatic rings. The number of benzene rings is 1. The van der Waals surface area contributed by atoms with E-state index in [1.165, 1.54) is 0 Å². The Morgan fingerprint density at radius 2 is 1.94 bits per heavy atom. The van der Waals surface area contributed by atoms with Gasteiger partial charge in [0, 0.05) is 11.1 Å². The molecular weight excluding hydrogens is 226 g/mol. The number of hydrogen-bond donors (Lipinski definition) is 1. The van der Waals surface area contributed by atoms with Gasteiger partial charge in [-0.3, -0.25) is 4.79 Å². The van der Waals surface area contributed by atoms with Gasteiger partial charge in [-0.05, 0) is 45.2 Å². The summed E-state index contributed by atoms with van der Waals surface area (Å²) in [4.78, 5) is 11.9. The molecule has 0 spiro atoms. The average Bonchev–Trinajstić information content (AvgIpc) is 2.96. The van der Waals surface area contributed by atoms with Crippen LogP contribution in [-0.2, 0) is 14.9 Å². The fourth-order valence-electron chi connectivity index (χ4n) is 2.33. The molecule has 2 N–H and O–H groups in total. The van der Waals surface area contributed by atoms with Gasteiger partial charge < -0.3 is 10.5 Å². The Morgan fingerprint density at radius 1 is 1.33 bits per heavy atom. The number of para-hydroxylation sites is 1. The highest BCUT2D eigenvalue weighted by molar-refractivity contribution is 5.74. The fourth-order valence-corrected chi connectivity index (χ4v) is 2.33. The summed E-state index contributed by atoms with van der Waals surface area (Å²) in [7, 11) is 0. The maximum atomic E-state index is 11.9. The van der Waals surface area contributed by atoms with Crippen molar-refractivity contribution in [2.45, 2.75) is 51.0 Å². The van der Waals surface area contributed by atoms with Crippen molar-refractivity contribution < 1.29 is 9.53 Å². The fraction of sp³-hybridized carbons (Fsp3) is 0.533. The molecule has 1 aromatic carbocycles. The first-order valence-electron chi connectivity index (χ1n) is 6.39. The summed E-state index contributed by atoms with van der Waals surface area (Å²) in [6, 6.07) is 7.81. The number of ether oxygens (including phenoxy) is 1. The van der Waals surface area contributed by atoms with E-state index >= 15 is 0 Å². The largest absolute Gasteiger partial charge is 0.460 e. The smallest absolute Gasteiger partial charge is 0.307 e. The molecule has 2 rings (SSSR count). The van der Waals surface area contributed by atoms with Crippen LogP contribution >= 0.6 is 0 Å². The number of esters is 1. The highest BCUT2D eigenvalue weighted by Crippen LogP contribution is 2.53. The summed E-state index contributed by atoms with van der Waals surface area (Å²) in [5, 5.41) is 0. The molecule has 1 aliphatic carbocycles. The molecule has 0 heterocycles. The van der Waals surface area contributed by atoms with Gasteiger partial charge >= 0.3 is 5.97 Å². The van der Waals surface area contributed by atoms with Crippen LogP contribution in [0, 0.1) is 0 Å². The van der Waals surface area contributed by atoms with E-state index < -0.39 is 5.60 Å². The topological polar surface area (TPSA) is 52.3 Å². The van der Waals surface area contributed by atoms with Crippen LogP contribution in [0.5, 0.6) is 0 Å². The Kier molecular flexibility index (Phi) is 3.09. The number of nitrogen functional groups attached to an aromatic ring is 1. The molecule has 3 nitrogen and oxygen atoms in total. The Balaban J connectivity index is 2.10. The molecule has 1 aliphatic rings. The second kappa shape index (κ2) is 4.30. The highest BCUT2D eigenvalue weighted by Gasteiger charge is 2.47. The van der Waals surface area contributed by atoms with E-state index in [1.807, 2.05) is 45.0 Å². The van der Waals surface area contributed by atoms with Crippen LogP contribution in [-0.4, -0.2) is 11.6 Å². The Hall–Kier alpha value is -1.51. The Morgan fingerprint density at radius 3 is 2.44 bits per heavy atom. The van der Waals surface area contributed by atoms with Gasteiger partial charge in [0.2, 0.25) is 0 Å². The minimum Gasteiger partial charge on any atom is -0.460 e. The molecule has 18 heavy (non-hydrogen) atoms. The van der Waals surface area contributed by atoms with Gasteiger partial charge in [-0.1, -0.05) is 18.2 Å². The number of anilines is 1. The lowest BCUT2D eigenvalue weighted by molar-refractivity contribution is -0.155. The van der Waals surface area contributed by atoms with Gasteiger partial charge in [0.15, 0.2) is 0 Å². The molecule has 0 aliphatic heterocycles. The molecule has 3 heteroatoms. The van der Waals surface area contributed by atoms with Gasteiger partial charge in [-0.15, -0.1) is 0 Å². The first kappa shape index (κ1) is 12.9. The predicted octanol–water partition coefficient (Wildman–Crippen LogP) is 3.03. The van der Waals surface area contributed by atoms with Crippen LogP contribution in [0.2, 0.25) is 0 Å². The van der Waals surface area contributed by atoms with Gasteiger partial charge in [0.05, 0.1) is 6.42 Å². The van der Waals surface area contributed by atoms with Crippen molar-refractivity contribution in [2.24, 2.45) is 0 Å². The molecule has 0 radical (unpaired) electrons. The summed E-state index contributed by atoms with van der Waals surface area (Å²) >= 11 is 0.